The molecule has 2 rings (SSSR count). The van der Waals surface area contributed by atoms with Crippen molar-refractivity contribution in [2.75, 3.05) is 12.1 Å². The Morgan fingerprint density at radius 3 is 3.00 bits per heavy atom. The highest BCUT2D eigenvalue weighted by molar-refractivity contribution is 6.02. The van der Waals surface area contributed by atoms with Gasteiger partial charge in [0, 0.05) is 5.56 Å². The van der Waals surface area contributed by atoms with Gasteiger partial charge >= 0.3 is 0 Å². The average Bonchev–Trinajstić information content (AvgIpc) is 2.06. The Bertz CT molecular complexity index is 296. The summed E-state index contributed by atoms with van der Waals surface area (Å²) in [7, 11) is 0. The lowest BCUT2D eigenvalue weighted by Gasteiger charge is -2.15. The molecule has 0 spiro atoms. The molecule has 0 bridgehead atoms. The van der Waals surface area contributed by atoms with E-state index in [1.807, 2.05) is 18.2 Å². The minimum absolute atomic E-state index is 0.0272. The molecule has 1 aromatic rings. The fourth-order valence-corrected chi connectivity index (χ4v) is 1.07. The summed E-state index contributed by atoms with van der Waals surface area (Å²) in [6.07, 6.45) is 0. The molecule has 11 heavy (non-hydrogen) atoms. The molecule has 0 amide bonds. The molecule has 0 saturated carbocycles. The molecule has 0 aromatic heterocycles. The molecule has 56 valence electrons. The molecule has 1 aliphatic rings. The quantitative estimate of drug-likeness (QED) is 0.602. The van der Waals surface area contributed by atoms with E-state index in [2.05, 4.69) is 5.48 Å². The van der Waals surface area contributed by atoms with Gasteiger partial charge in [-0.05, 0) is 12.1 Å². The molecule has 0 saturated heterocycles. The van der Waals surface area contributed by atoms with Crippen molar-refractivity contribution in [2.45, 2.75) is 0 Å². The van der Waals surface area contributed by atoms with Crippen LogP contribution in [0.15, 0.2) is 24.3 Å². The summed E-state index contributed by atoms with van der Waals surface area (Å²) in [6.45, 7) is 0.122. The van der Waals surface area contributed by atoms with Gasteiger partial charge in [-0.25, -0.2) is 0 Å². The van der Waals surface area contributed by atoms with Gasteiger partial charge in [0.25, 0.3) is 0 Å². The van der Waals surface area contributed by atoms with Gasteiger partial charge in [-0.1, -0.05) is 12.1 Å². The van der Waals surface area contributed by atoms with Crippen LogP contribution in [0.25, 0.3) is 0 Å². The fraction of sp³-hybridized carbons (Fsp3) is 0.125. The molecule has 0 atom stereocenters. The van der Waals surface area contributed by atoms with Gasteiger partial charge in [-0.2, -0.15) is 0 Å². The number of benzene rings is 1. The summed E-state index contributed by atoms with van der Waals surface area (Å²) in [4.78, 5) is 15.9. The van der Waals surface area contributed by atoms with Crippen molar-refractivity contribution in [1.29, 1.82) is 0 Å². The first-order valence-corrected chi connectivity index (χ1v) is 3.38. The molecule has 1 N–H and O–H groups in total. The Morgan fingerprint density at radius 1 is 1.36 bits per heavy atom. The van der Waals surface area contributed by atoms with Crippen molar-refractivity contribution in [3.63, 3.8) is 0 Å². The van der Waals surface area contributed by atoms with Crippen LogP contribution in [-0.4, -0.2) is 12.4 Å². The number of nitrogens with one attached hydrogen (secondary N) is 1. The second-order valence-electron chi connectivity index (χ2n) is 2.36. The number of anilines is 1. The number of para-hydroxylation sites is 1. The highest BCUT2D eigenvalue weighted by Crippen LogP contribution is 2.18. The van der Waals surface area contributed by atoms with E-state index in [0.29, 0.717) is 5.56 Å². The van der Waals surface area contributed by atoms with E-state index in [4.69, 9.17) is 4.84 Å². The number of rotatable bonds is 0. The van der Waals surface area contributed by atoms with Crippen LogP contribution in [0.4, 0.5) is 5.69 Å². The van der Waals surface area contributed by atoms with Gasteiger partial charge in [0.05, 0.1) is 5.69 Å². The molecule has 3 nitrogen and oxygen atoms in total. The summed E-state index contributed by atoms with van der Waals surface area (Å²) in [5.74, 6) is 0.0272. The van der Waals surface area contributed by atoms with Crippen molar-refractivity contribution in [3.8, 4) is 0 Å². The maximum atomic E-state index is 11.1. The van der Waals surface area contributed by atoms with Crippen LogP contribution in [0.3, 0.4) is 0 Å². The van der Waals surface area contributed by atoms with Crippen LogP contribution in [0.5, 0.6) is 0 Å². The monoisotopic (exact) mass is 149 g/mol. The molecule has 0 fully saturated rings. The van der Waals surface area contributed by atoms with E-state index >= 15 is 0 Å². The highest BCUT2D eigenvalue weighted by atomic mass is 16.6. The first-order valence-electron chi connectivity index (χ1n) is 3.38. The Kier molecular flexibility index (Phi) is 1.36. The zero-order chi connectivity index (χ0) is 7.68. The zero-order valence-electron chi connectivity index (χ0n) is 5.83. The van der Waals surface area contributed by atoms with E-state index in [-0.39, 0.29) is 12.4 Å². The number of ketones is 1. The van der Waals surface area contributed by atoms with Gasteiger partial charge in [-0.3, -0.25) is 15.1 Å². The number of fused-ring (bicyclic) bond motifs is 1. The Morgan fingerprint density at radius 2 is 2.18 bits per heavy atom. The molecule has 1 heterocycles. The third-order valence-corrected chi connectivity index (χ3v) is 1.61. The number of carbonyl (C=O) groups is 1. The van der Waals surface area contributed by atoms with Gasteiger partial charge < -0.3 is 0 Å². The smallest absolute Gasteiger partial charge is 0.193 e. The number of Topliss-reactive ketones (excluding diaryl/α,β-unsaturated/α-hetero) is 1. The first-order chi connectivity index (χ1) is 5.38. The molecule has 3 heteroatoms. The van der Waals surface area contributed by atoms with Crippen LogP contribution >= 0.6 is 0 Å². The average molecular weight is 149 g/mol. The van der Waals surface area contributed by atoms with E-state index in [9.17, 15) is 4.79 Å². The fourth-order valence-electron chi connectivity index (χ4n) is 1.07. The molecule has 0 unspecified atom stereocenters. The third-order valence-electron chi connectivity index (χ3n) is 1.61. The van der Waals surface area contributed by atoms with Crippen molar-refractivity contribution in [2.24, 2.45) is 0 Å². The SMILES string of the molecule is O=C1CONc2ccccc21. The van der Waals surface area contributed by atoms with Crippen LogP contribution in [0.2, 0.25) is 0 Å². The Hall–Kier alpha value is -1.35. The van der Waals surface area contributed by atoms with Gasteiger partial charge in [0.15, 0.2) is 5.78 Å². The number of carbonyl (C=O) groups excluding carboxylic acids is 1. The molecule has 1 aromatic carbocycles. The maximum Gasteiger partial charge on any atom is 0.193 e. The van der Waals surface area contributed by atoms with Crippen molar-refractivity contribution < 1.29 is 9.63 Å². The van der Waals surface area contributed by atoms with E-state index in [0.717, 1.165) is 5.69 Å². The molecular formula is C8H7NO2. The second-order valence-corrected chi connectivity index (χ2v) is 2.36. The van der Waals surface area contributed by atoms with Crippen molar-refractivity contribution >= 4 is 11.5 Å². The number of hydrogen-bond acceptors (Lipinski definition) is 3. The molecule has 0 aliphatic carbocycles. The first kappa shape index (κ1) is 6.37. The van der Waals surface area contributed by atoms with Crippen molar-refractivity contribution in [1.82, 2.24) is 0 Å². The minimum Gasteiger partial charge on any atom is -0.291 e. The third kappa shape index (κ3) is 0.991. The lowest BCUT2D eigenvalue weighted by molar-refractivity contribution is 0.0818. The normalized spacial score (nSPS) is 15.5. The van der Waals surface area contributed by atoms with Crippen molar-refractivity contribution in [3.05, 3.63) is 29.8 Å². The second kappa shape index (κ2) is 2.36. The number of hydrogen-bond donors (Lipinski definition) is 1. The van der Waals surface area contributed by atoms with Crippen LogP contribution in [0.1, 0.15) is 10.4 Å². The van der Waals surface area contributed by atoms with Crippen LogP contribution < -0.4 is 5.48 Å². The Labute approximate surface area is 63.9 Å². The van der Waals surface area contributed by atoms with E-state index in [1.54, 1.807) is 6.07 Å². The lowest BCUT2D eigenvalue weighted by atomic mass is 10.1. The van der Waals surface area contributed by atoms with Gasteiger partial charge in [-0.15, -0.1) is 0 Å². The molecular weight excluding hydrogens is 142 g/mol. The van der Waals surface area contributed by atoms with Gasteiger partial charge in [0.2, 0.25) is 0 Å². The van der Waals surface area contributed by atoms with E-state index < -0.39 is 0 Å². The van der Waals surface area contributed by atoms with Gasteiger partial charge in [0.1, 0.15) is 6.61 Å². The lowest BCUT2D eigenvalue weighted by Crippen LogP contribution is -2.20. The Balaban J connectivity index is 2.52. The highest BCUT2D eigenvalue weighted by Gasteiger charge is 2.15. The standard InChI is InChI=1S/C8H7NO2/c10-8-5-11-9-7-4-2-1-3-6(7)8/h1-4,9H,5H2. The topological polar surface area (TPSA) is 38.3 Å². The summed E-state index contributed by atoms with van der Waals surface area (Å²) in [5.41, 5.74) is 4.13. The predicted molar refractivity (Wildman–Crippen MR) is 40.3 cm³/mol. The van der Waals surface area contributed by atoms with E-state index in [1.165, 1.54) is 0 Å². The summed E-state index contributed by atoms with van der Waals surface area (Å²) >= 11 is 0. The summed E-state index contributed by atoms with van der Waals surface area (Å²) in [6, 6.07) is 7.29. The summed E-state index contributed by atoms with van der Waals surface area (Å²) < 4.78 is 0. The minimum atomic E-state index is 0.0272. The maximum absolute atomic E-state index is 11.1. The molecule has 1 aliphatic heterocycles. The largest absolute Gasteiger partial charge is 0.291 e. The molecule has 0 radical (unpaired) electrons. The predicted octanol–water partition coefficient (Wildman–Crippen LogP) is 1.23. The van der Waals surface area contributed by atoms with Crippen LogP contribution in [0, 0.1) is 0 Å². The van der Waals surface area contributed by atoms with Crippen LogP contribution in [-0.2, 0) is 4.84 Å². The summed E-state index contributed by atoms with van der Waals surface area (Å²) in [5, 5.41) is 0. The zero-order valence-corrected chi connectivity index (χ0v) is 5.83.